The van der Waals surface area contributed by atoms with Crippen LogP contribution in [0.3, 0.4) is 0 Å². The van der Waals surface area contributed by atoms with Crippen LogP contribution < -0.4 is 15.2 Å². The van der Waals surface area contributed by atoms with E-state index in [9.17, 15) is 8.42 Å². The molecule has 0 bridgehead atoms. The molecular weight excluding hydrogens is 292 g/mol. The van der Waals surface area contributed by atoms with E-state index < -0.39 is 10.0 Å². The highest BCUT2D eigenvalue weighted by Gasteiger charge is 2.17. The van der Waals surface area contributed by atoms with Gasteiger partial charge in [0.1, 0.15) is 18.2 Å². The summed E-state index contributed by atoms with van der Waals surface area (Å²) in [6.45, 7) is 2.09. The molecular formula is C13H18N4O3S. The third kappa shape index (κ3) is 3.96. The molecule has 0 atom stereocenters. The first-order valence-corrected chi connectivity index (χ1v) is 7.85. The lowest BCUT2D eigenvalue weighted by atomic mass is 10.3. The predicted octanol–water partition coefficient (Wildman–Crippen LogP) is 0.668. The standard InChI is InChI=1S/C13H18N4O3S/c1-10-16-13(9-17(10)2)21(18,19)15-6-7-20-12-5-3-4-11(14)8-12/h3-5,8-9,15H,6-7,14H2,1-2H3. The molecule has 8 heteroatoms. The number of sulfonamides is 1. The molecule has 1 aromatic heterocycles. The molecule has 0 fully saturated rings. The van der Waals surface area contributed by atoms with Gasteiger partial charge in [-0.15, -0.1) is 0 Å². The van der Waals surface area contributed by atoms with Crippen LogP contribution in [0.2, 0.25) is 0 Å². The van der Waals surface area contributed by atoms with Crippen molar-refractivity contribution in [1.29, 1.82) is 0 Å². The minimum atomic E-state index is -3.61. The highest BCUT2D eigenvalue weighted by molar-refractivity contribution is 7.89. The molecule has 0 aliphatic carbocycles. The average molecular weight is 310 g/mol. The number of nitrogens with two attached hydrogens (primary N) is 1. The average Bonchev–Trinajstić information content (AvgIpc) is 2.76. The summed E-state index contributed by atoms with van der Waals surface area (Å²) in [6, 6.07) is 6.95. The highest BCUT2D eigenvalue weighted by Crippen LogP contribution is 2.14. The number of ether oxygens (including phenoxy) is 1. The summed E-state index contributed by atoms with van der Waals surface area (Å²) in [7, 11) is -1.87. The van der Waals surface area contributed by atoms with Crippen molar-refractivity contribution in [2.24, 2.45) is 7.05 Å². The Kier molecular flexibility index (Phi) is 4.49. The normalized spacial score (nSPS) is 11.5. The maximum atomic E-state index is 12.0. The van der Waals surface area contributed by atoms with Crippen LogP contribution in [-0.4, -0.2) is 31.1 Å². The van der Waals surface area contributed by atoms with Crippen molar-refractivity contribution in [2.75, 3.05) is 18.9 Å². The Balaban J connectivity index is 1.88. The van der Waals surface area contributed by atoms with Gasteiger partial charge in [-0.3, -0.25) is 0 Å². The van der Waals surface area contributed by atoms with Crippen molar-refractivity contribution in [3.05, 3.63) is 36.3 Å². The Morgan fingerprint density at radius 3 is 2.81 bits per heavy atom. The zero-order valence-electron chi connectivity index (χ0n) is 11.9. The summed E-state index contributed by atoms with van der Waals surface area (Å²) in [5.74, 6) is 1.23. The van der Waals surface area contributed by atoms with E-state index in [-0.39, 0.29) is 18.2 Å². The lowest BCUT2D eigenvalue weighted by Crippen LogP contribution is -2.28. The number of benzene rings is 1. The Hall–Kier alpha value is -2.06. The molecule has 0 saturated carbocycles. The van der Waals surface area contributed by atoms with E-state index in [4.69, 9.17) is 10.5 Å². The third-order valence-electron chi connectivity index (χ3n) is 2.88. The zero-order chi connectivity index (χ0) is 15.5. The fourth-order valence-corrected chi connectivity index (χ4v) is 2.73. The van der Waals surface area contributed by atoms with Gasteiger partial charge in [0.25, 0.3) is 10.0 Å². The number of anilines is 1. The third-order valence-corrected chi connectivity index (χ3v) is 4.21. The number of hydrogen-bond donors (Lipinski definition) is 2. The fourth-order valence-electron chi connectivity index (χ4n) is 1.68. The van der Waals surface area contributed by atoms with Crippen LogP contribution in [0.4, 0.5) is 5.69 Å². The predicted molar refractivity (Wildman–Crippen MR) is 79.5 cm³/mol. The fraction of sp³-hybridized carbons (Fsp3) is 0.308. The zero-order valence-corrected chi connectivity index (χ0v) is 12.7. The lowest BCUT2D eigenvalue weighted by molar-refractivity contribution is 0.323. The van der Waals surface area contributed by atoms with E-state index in [1.54, 1.807) is 42.8 Å². The molecule has 0 aliphatic heterocycles. The van der Waals surface area contributed by atoms with Gasteiger partial charge in [-0.2, -0.15) is 0 Å². The van der Waals surface area contributed by atoms with E-state index in [2.05, 4.69) is 9.71 Å². The Morgan fingerprint density at radius 2 is 2.19 bits per heavy atom. The number of rotatable bonds is 6. The molecule has 1 aromatic carbocycles. The van der Waals surface area contributed by atoms with Crippen molar-refractivity contribution in [3.63, 3.8) is 0 Å². The second-order valence-electron chi connectivity index (χ2n) is 4.56. The van der Waals surface area contributed by atoms with Crippen LogP contribution in [0.1, 0.15) is 5.82 Å². The van der Waals surface area contributed by atoms with E-state index in [1.165, 1.54) is 6.20 Å². The van der Waals surface area contributed by atoms with Gasteiger partial charge in [-0.1, -0.05) is 6.07 Å². The van der Waals surface area contributed by atoms with Crippen molar-refractivity contribution in [3.8, 4) is 5.75 Å². The molecule has 0 unspecified atom stereocenters. The van der Waals surface area contributed by atoms with Gasteiger partial charge in [-0.25, -0.2) is 18.1 Å². The molecule has 0 saturated heterocycles. The van der Waals surface area contributed by atoms with E-state index in [1.807, 2.05) is 0 Å². The second kappa shape index (κ2) is 6.15. The monoisotopic (exact) mass is 310 g/mol. The molecule has 2 rings (SSSR count). The van der Waals surface area contributed by atoms with Gasteiger partial charge in [0, 0.05) is 31.5 Å². The Labute approximate surface area is 123 Å². The van der Waals surface area contributed by atoms with Crippen LogP contribution in [0.5, 0.6) is 5.75 Å². The molecule has 0 aliphatic rings. The molecule has 0 spiro atoms. The van der Waals surface area contributed by atoms with Gasteiger partial charge < -0.3 is 15.0 Å². The van der Waals surface area contributed by atoms with Crippen LogP contribution in [0.25, 0.3) is 0 Å². The highest BCUT2D eigenvalue weighted by atomic mass is 32.2. The summed E-state index contributed by atoms with van der Waals surface area (Å²) in [6.07, 6.45) is 1.47. The summed E-state index contributed by atoms with van der Waals surface area (Å²) < 4.78 is 33.5. The topological polar surface area (TPSA) is 99.2 Å². The molecule has 7 nitrogen and oxygen atoms in total. The van der Waals surface area contributed by atoms with E-state index in [0.717, 1.165) is 0 Å². The Bertz CT molecular complexity index is 705. The molecule has 21 heavy (non-hydrogen) atoms. The van der Waals surface area contributed by atoms with Crippen LogP contribution in [-0.2, 0) is 17.1 Å². The number of hydrogen-bond acceptors (Lipinski definition) is 5. The second-order valence-corrected chi connectivity index (χ2v) is 6.27. The van der Waals surface area contributed by atoms with Crippen molar-refractivity contribution in [1.82, 2.24) is 14.3 Å². The molecule has 0 amide bonds. The Morgan fingerprint density at radius 1 is 1.43 bits per heavy atom. The first-order chi connectivity index (χ1) is 9.88. The van der Waals surface area contributed by atoms with Gasteiger partial charge in [-0.05, 0) is 19.1 Å². The largest absolute Gasteiger partial charge is 0.492 e. The maximum Gasteiger partial charge on any atom is 0.259 e. The maximum absolute atomic E-state index is 12.0. The number of aromatic nitrogens is 2. The summed E-state index contributed by atoms with van der Waals surface area (Å²) in [5.41, 5.74) is 6.22. The number of imidazole rings is 1. The molecule has 3 N–H and O–H groups in total. The number of nitrogens with zero attached hydrogens (tertiary/aromatic N) is 2. The summed E-state index contributed by atoms with van der Waals surface area (Å²) in [4.78, 5) is 3.99. The van der Waals surface area contributed by atoms with Crippen molar-refractivity contribution >= 4 is 15.7 Å². The van der Waals surface area contributed by atoms with E-state index in [0.29, 0.717) is 17.3 Å². The SMILES string of the molecule is Cc1nc(S(=O)(=O)NCCOc2cccc(N)c2)cn1C. The molecule has 2 aromatic rings. The van der Waals surface area contributed by atoms with Crippen LogP contribution >= 0.6 is 0 Å². The van der Waals surface area contributed by atoms with Crippen molar-refractivity contribution in [2.45, 2.75) is 11.9 Å². The van der Waals surface area contributed by atoms with Gasteiger partial charge in [0.2, 0.25) is 0 Å². The number of aryl methyl sites for hydroxylation is 2. The molecule has 0 radical (unpaired) electrons. The smallest absolute Gasteiger partial charge is 0.259 e. The first kappa shape index (κ1) is 15.3. The summed E-state index contributed by atoms with van der Waals surface area (Å²) in [5, 5.41) is 0.00598. The van der Waals surface area contributed by atoms with Gasteiger partial charge >= 0.3 is 0 Å². The van der Waals surface area contributed by atoms with E-state index >= 15 is 0 Å². The quantitative estimate of drug-likeness (QED) is 0.603. The minimum absolute atomic E-state index is 0.00598. The lowest BCUT2D eigenvalue weighted by Gasteiger charge is -2.07. The summed E-state index contributed by atoms with van der Waals surface area (Å²) >= 11 is 0. The minimum Gasteiger partial charge on any atom is -0.492 e. The van der Waals surface area contributed by atoms with Gasteiger partial charge in [0.05, 0.1) is 0 Å². The van der Waals surface area contributed by atoms with Crippen LogP contribution in [0, 0.1) is 6.92 Å². The molecule has 114 valence electrons. The van der Waals surface area contributed by atoms with Crippen molar-refractivity contribution < 1.29 is 13.2 Å². The number of nitrogen functional groups attached to an aromatic ring is 1. The molecule has 1 heterocycles. The first-order valence-electron chi connectivity index (χ1n) is 6.36. The van der Waals surface area contributed by atoms with Gasteiger partial charge in [0.15, 0.2) is 5.03 Å². The number of nitrogens with one attached hydrogen (secondary N) is 1. The van der Waals surface area contributed by atoms with Crippen LogP contribution in [0.15, 0.2) is 35.5 Å².